The third-order valence-electron chi connectivity index (χ3n) is 6.35. The summed E-state index contributed by atoms with van der Waals surface area (Å²) in [7, 11) is 0. The summed E-state index contributed by atoms with van der Waals surface area (Å²) in [5.74, 6) is 5.70. The van der Waals surface area contributed by atoms with E-state index in [-0.39, 0.29) is 5.75 Å². The van der Waals surface area contributed by atoms with Crippen LogP contribution in [0.5, 0.6) is 0 Å². The number of benzene rings is 1. The van der Waals surface area contributed by atoms with Crippen molar-refractivity contribution in [3.63, 3.8) is 0 Å². The summed E-state index contributed by atoms with van der Waals surface area (Å²) in [6.07, 6.45) is 6.05. The molecule has 32 heavy (non-hydrogen) atoms. The second-order valence-electron chi connectivity index (χ2n) is 8.86. The van der Waals surface area contributed by atoms with Gasteiger partial charge < -0.3 is 4.55 Å². The zero-order chi connectivity index (χ0) is 23.0. The van der Waals surface area contributed by atoms with Crippen molar-refractivity contribution in [2.45, 2.75) is 32.6 Å². The summed E-state index contributed by atoms with van der Waals surface area (Å²) in [5.41, 5.74) is 4.07. The van der Waals surface area contributed by atoms with E-state index in [9.17, 15) is 13.6 Å². The van der Waals surface area contributed by atoms with Gasteiger partial charge in [0, 0.05) is 18.7 Å². The lowest BCUT2D eigenvalue weighted by atomic mass is 9.87. The van der Waals surface area contributed by atoms with Gasteiger partial charge in [0.2, 0.25) is 5.91 Å². The highest BCUT2D eigenvalue weighted by Gasteiger charge is 2.35. The van der Waals surface area contributed by atoms with E-state index in [4.69, 9.17) is 5.21 Å². The lowest BCUT2D eigenvalue weighted by molar-refractivity contribution is -0.138. The minimum Gasteiger partial charge on any atom is -0.306 e. The van der Waals surface area contributed by atoms with E-state index < -0.39 is 22.4 Å². The maximum atomic E-state index is 12.0. The molecule has 2 heterocycles. The molecule has 2 atom stereocenters. The molecule has 1 fully saturated rings. The molecule has 0 spiro atoms. The summed E-state index contributed by atoms with van der Waals surface area (Å²) < 4.78 is 20.5. The van der Waals surface area contributed by atoms with Gasteiger partial charge in [0.25, 0.3) is 0 Å². The summed E-state index contributed by atoms with van der Waals surface area (Å²) in [4.78, 5) is 16.6. The Bertz CT molecular complexity index is 900. The third-order valence-corrected chi connectivity index (χ3v) is 7.24. The number of carbonyl (C=O) groups excluding carboxylic acids is 1. The molecule has 8 heteroatoms. The van der Waals surface area contributed by atoms with Crippen molar-refractivity contribution in [1.82, 2.24) is 15.3 Å². The molecule has 0 aliphatic carbocycles. The highest BCUT2D eigenvalue weighted by molar-refractivity contribution is 7.79. The monoisotopic (exact) mass is 459 g/mol. The Balaban J connectivity index is 1.51. The van der Waals surface area contributed by atoms with Crippen molar-refractivity contribution in [3.8, 4) is 11.8 Å². The van der Waals surface area contributed by atoms with Gasteiger partial charge in [-0.25, -0.2) is 9.69 Å². The average Bonchev–Trinajstić information content (AvgIpc) is 3.31. The van der Waals surface area contributed by atoms with Gasteiger partial charge in [-0.05, 0) is 75.5 Å². The molecule has 1 saturated heterocycles. The van der Waals surface area contributed by atoms with Crippen molar-refractivity contribution < 1.29 is 18.8 Å². The Morgan fingerprint density at radius 1 is 1.19 bits per heavy atom. The minimum absolute atomic E-state index is 0.207. The molecule has 174 valence electrons. The van der Waals surface area contributed by atoms with Gasteiger partial charge in [-0.3, -0.25) is 19.8 Å². The first-order valence-electron chi connectivity index (χ1n) is 11.1. The first-order valence-corrected chi connectivity index (χ1v) is 12.4. The molecule has 0 saturated carbocycles. The zero-order valence-electron chi connectivity index (χ0n) is 18.7. The van der Waals surface area contributed by atoms with Crippen LogP contribution in [0.15, 0.2) is 30.3 Å². The van der Waals surface area contributed by atoms with Crippen LogP contribution in [0.2, 0.25) is 0 Å². The van der Waals surface area contributed by atoms with Crippen molar-refractivity contribution in [3.05, 3.63) is 41.5 Å². The quantitative estimate of drug-likeness (QED) is 0.239. The normalized spacial score (nSPS) is 20.0. The van der Waals surface area contributed by atoms with Crippen LogP contribution in [-0.4, -0.2) is 74.7 Å². The van der Waals surface area contributed by atoms with Crippen molar-refractivity contribution in [2.75, 3.05) is 45.0 Å². The molecule has 1 aromatic carbocycles. The largest absolute Gasteiger partial charge is 0.306 e. The lowest BCUT2D eigenvalue weighted by Crippen LogP contribution is -2.44. The van der Waals surface area contributed by atoms with E-state index in [1.54, 1.807) is 12.4 Å². The number of carbonyl (C=O) groups is 1. The molecule has 0 aromatic heterocycles. The minimum atomic E-state index is -2.11. The van der Waals surface area contributed by atoms with Crippen LogP contribution in [0.25, 0.3) is 5.57 Å². The summed E-state index contributed by atoms with van der Waals surface area (Å²) in [5, 5.41) is 8.98. The van der Waals surface area contributed by atoms with Crippen molar-refractivity contribution in [2.24, 2.45) is 5.41 Å². The number of hydrogen-bond donors (Lipinski definition) is 3. The van der Waals surface area contributed by atoms with Crippen molar-refractivity contribution in [1.29, 1.82) is 0 Å². The fourth-order valence-corrected chi connectivity index (χ4v) is 5.02. The molecule has 1 aromatic rings. The first kappa shape index (κ1) is 24.6. The van der Waals surface area contributed by atoms with Gasteiger partial charge in [0.05, 0.1) is 17.7 Å². The van der Waals surface area contributed by atoms with Gasteiger partial charge >= 0.3 is 0 Å². The number of nitrogens with zero attached hydrogens (tertiary/aromatic N) is 2. The van der Waals surface area contributed by atoms with E-state index in [1.807, 2.05) is 0 Å². The summed E-state index contributed by atoms with van der Waals surface area (Å²) in [6.45, 7) is 6.98. The molecule has 2 unspecified atom stereocenters. The maximum Gasteiger partial charge on any atom is 0.250 e. The zero-order valence-corrected chi connectivity index (χ0v) is 19.5. The van der Waals surface area contributed by atoms with Gasteiger partial charge in [0.1, 0.15) is 0 Å². The molecule has 1 amide bonds. The average molecular weight is 460 g/mol. The number of hydroxylamine groups is 1. The van der Waals surface area contributed by atoms with Gasteiger partial charge in [-0.15, -0.1) is 0 Å². The van der Waals surface area contributed by atoms with Crippen LogP contribution in [0.3, 0.4) is 0 Å². The van der Waals surface area contributed by atoms with Gasteiger partial charge in [-0.1, -0.05) is 30.0 Å². The van der Waals surface area contributed by atoms with E-state index in [0.717, 1.165) is 44.7 Å². The Hall–Kier alpha value is -2.02. The van der Waals surface area contributed by atoms with E-state index in [0.29, 0.717) is 13.0 Å². The predicted molar refractivity (Wildman–Crippen MR) is 126 cm³/mol. The second kappa shape index (κ2) is 11.7. The van der Waals surface area contributed by atoms with Gasteiger partial charge in [0.15, 0.2) is 11.1 Å². The molecule has 2 aliphatic rings. The Morgan fingerprint density at radius 3 is 2.50 bits per heavy atom. The van der Waals surface area contributed by atoms with E-state index >= 15 is 0 Å². The SMILES string of the molecule is CC(CCN1CC=C(c2ccc(C#CCN3CCCC3)cc2)CC1)(CS(=O)O)C(=O)NO. The molecule has 7 nitrogen and oxygen atoms in total. The Kier molecular flexibility index (Phi) is 9.02. The number of amides is 1. The van der Waals surface area contributed by atoms with Crippen LogP contribution >= 0.6 is 0 Å². The molecular weight excluding hydrogens is 426 g/mol. The Morgan fingerprint density at radius 2 is 1.91 bits per heavy atom. The number of hydrogen-bond acceptors (Lipinski definition) is 5. The maximum absolute atomic E-state index is 12.0. The molecule has 0 radical (unpaired) electrons. The van der Waals surface area contributed by atoms with E-state index in [2.05, 4.69) is 52.0 Å². The topological polar surface area (TPSA) is 93.1 Å². The second-order valence-corrected chi connectivity index (χ2v) is 9.79. The Labute approximate surface area is 193 Å². The van der Waals surface area contributed by atoms with Crippen LogP contribution in [0, 0.1) is 17.3 Å². The summed E-state index contributed by atoms with van der Waals surface area (Å²) in [6, 6.07) is 8.40. The highest BCUT2D eigenvalue weighted by atomic mass is 32.2. The number of likely N-dealkylation sites (tertiary alicyclic amines) is 1. The molecule has 3 rings (SSSR count). The molecule has 2 aliphatic heterocycles. The third kappa shape index (κ3) is 6.99. The molecular formula is C24H33N3O4S. The molecule has 0 bridgehead atoms. The fourth-order valence-electron chi connectivity index (χ4n) is 4.20. The lowest BCUT2D eigenvalue weighted by Gasteiger charge is -2.31. The van der Waals surface area contributed by atoms with Crippen LogP contribution in [-0.2, 0) is 15.9 Å². The van der Waals surface area contributed by atoms with Crippen LogP contribution in [0.1, 0.15) is 43.7 Å². The first-order chi connectivity index (χ1) is 15.4. The van der Waals surface area contributed by atoms with Gasteiger partial charge in [-0.2, -0.15) is 0 Å². The fraction of sp³-hybridized carbons (Fsp3) is 0.542. The smallest absolute Gasteiger partial charge is 0.250 e. The van der Waals surface area contributed by atoms with Crippen molar-refractivity contribution >= 4 is 22.6 Å². The standard InChI is InChI=1S/C24H33N3O4S/c1-24(19-32(30)31,23(28)25-29)12-18-27-16-10-22(11-17-27)21-8-6-20(7-9-21)5-4-15-26-13-2-3-14-26/h6-10,29H,2-3,11-19H2,1H3,(H,25,28)(H,30,31). The molecule has 3 N–H and O–H groups in total. The van der Waals surface area contributed by atoms with E-state index in [1.165, 1.54) is 24.0 Å². The highest BCUT2D eigenvalue weighted by Crippen LogP contribution is 2.26. The number of nitrogens with one attached hydrogen (secondary N) is 1. The summed E-state index contributed by atoms with van der Waals surface area (Å²) >= 11 is -2.11. The number of rotatable bonds is 8. The predicted octanol–water partition coefficient (Wildman–Crippen LogP) is 2.35. The van der Waals surface area contributed by atoms with Crippen LogP contribution in [0.4, 0.5) is 0 Å². The van der Waals surface area contributed by atoms with Crippen LogP contribution < -0.4 is 5.48 Å².